The Hall–Kier alpha value is -0.490. The van der Waals surface area contributed by atoms with Gasteiger partial charge >= 0.3 is 0 Å². The molecule has 0 amide bonds. The number of rotatable bonds is 2. The number of hydrogen-bond acceptors (Lipinski definition) is 5. The largest absolute Gasteiger partial charge is 0.393 e. The van der Waals surface area contributed by atoms with Crippen LogP contribution in [0.5, 0.6) is 0 Å². The third-order valence-electron chi connectivity index (χ3n) is 12.6. The summed E-state index contributed by atoms with van der Waals surface area (Å²) in [6.07, 6.45) is 5.86. The molecule has 3 saturated carbocycles. The SMILES string of the molecule is CC1CC(O)C(C(C)C2C3CC4C5CC(=O)C6CC(O)CCC6(C)C5CC4(O3)C2(C)C)N(C)C1. The molecule has 5 heteroatoms. The standard InChI is InChI=1S/C29H47NO4/c1-15-9-23(33)26(30(6)14-15)16(2)25-24-12-19-18-11-22(32)20-10-17(31)7-8-28(20,5)21(18)13-29(19,34-24)27(25,3)4/h15-21,23-26,31,33H,7-14H2,1-6H3. The van der Waals surface area contributed by atoms with Crippen molar-refractivity contribution in [2.75, 3.05) is 13.6 Å². The van der Waals surface area contributed by atoms with Crippen LogP contribution in [0.1, 0.15) is 79.6 Å². The van der Waals surface area contributed by atoms with E-state index in [1.54, 1.807) is 0 Å². The highest BCUT2D eigenvalue weighted by Gasteiger charge is 2.77. The third-order valence-corrected chi connectivity index (χ3v) is 12.6. The Morgan fingerprint density at radius 3 is 2.56 bits per heavy atom. The first-order chi connectivity index (χ1) is 15.9. The molecule has 5 nitrogen and oxygen atoms in total. The Bertz CT molecular complexity index is 847. The molecule has 6 rings (SSSR count). The first-order valence-corrected chi connectivity index (χ1v) is 14.2. The number of nitrogens with zero attached hydrogens (tertiary/aromatic N) is 1. The van der Waals surface area contributed by atoms with Crippen molar-refractivity contribution in [1.29, 1.82) is 0 Å². The van der Waals surface area contributed by atoms with Crippen molar-refractivity contribution < 1.29 is 19.7 Å². The summed E-state index contributed by atoms with van der Waals surface area (Å²) < 4.78 is 7.13. The number of carbonyl (C=O) groups is 1. The Kier molecular flexibility index (Phi) is 5.28. The summed E-state index contributed by atoms with van der Waals surface area (Å²) in [5.74, 6) is 3.19. The summed E-state index contributed by atoms with van der Waals surface area (Å²) in [5.41, 5.74) is -0.122. The van der Waals surface area contributed by atoms with Crippen molar-refractivity contribution in [2.24, 2.45) is 52.3 Å². The molecule has 0 aromatic rings. The zero-order chi connectivity index (χ0) is 24.4. The minimum Gasteiger partial charge on any atom is -0.393 e. The van der Waals surface area contributed by atoms with Gasteiger partial charge in [0.1, 0.15) is 5.78 Å². The molecular formula is C29H47NO4. The van der Waals surface area contributed by atoms with E-state index in [9.17, 15) is 15.0 Å². The number of ether oxygens (including phenoxy) is 1. The molecule has 13 atom stereocenters. The van der Waals surface area contributed by atoms with Crippen LogP contribution in [-0.2, 0) is 9.53 Å². The number of likely N-dealkylation sites (tertiary alicyclic amines) is 1. The maximum absolute atomic E-state index is 13.4. The second kappa shape index (κ2) is 7.52. The molecular weight excluding hydrogens is 426 g/mol. The van der Waals surface area contributed by atoms with Gasteiger partial charge in [-0.05, 0) is 91.9 Å². The number of likely N-dealkylation sites (N-methyl/N-ethyl adjacent to an activating group) is 1. The first-order valence-electron chi connectivity index (χ1n) is 14.2. The smallest absolute Gasteiger partial charge is 0.136 e. The molecule has 34 heavy (non-hydrogen) atoms. The monoisotopic (exact) mass is 473 g/mol. The highest BCUT2D eigenvalue weighted by Crippen LogP contribution is 2.75. The average Bonchev–Trinajstić information content (AvgIpc) is 3.32. The van der Waals surface area contributed by atoms with Crippen molar-refractivity contribution in [1.82, 2.24) is 4.90 Å². The lowest BCUT2D eigenvalue weighted by Gasteiger charge is -2.52. The van der Waals surface area contributed by atoms with Gasteiger partial charge in [-0.25, -0.2) is 0 Å². The van der Waals surface area contributed by atoms with Crippen LogP contribution in [0.25, 0.3) is 0 Å². The molecule has 6 fully saturated rings. The Labute approximate surface area is 206 Å². The number of hydrogen-bond donors (Lipinski definition) is 2. The molecule has 3 heterocycles. The normalized spacial score (nSPS) is 57.2. The number of fused-ring (bicyclic) bond motifs is 5. The van der Waals surface area contributed by atoms with Gasteiger partial charge in [-0.2, -0.15) is 0 Å². The molecule has 13 unspecified atom stereocenters. The van der Waals surface area contributed by atoms with Crippen LogP contribution >= 0.6 is 0 Å². The number of carbonyl (C=O) groups excluding carboxylic acids is 1. The molecule has 2 N–H and O–H groups in total. The molecule has 0 radical (unpaired) electrons. The van der Waals surface area contributed by atoms with E-state index in [1.165, 1.54) is 0 Å². The molecule has 6 aliphatic rings. The van der Waals surface area contributed by atoms with Crippen LogP contribution in [-0.4, -0.2) is 64.4 Å². The van der Waals surface area contributed by atoms with Gasteiger partial charge in [-0.1, -0.05) is 34.6 Å². The van der Waals surface area contributed by atoms with Crippen LogP contribution in [0.2, 0.25) is 0 Å². The Balaban J connectivity index is 1.31. The van der Waals surface area contributed by atoms with Crippen molar-refractivity contribution in [3.8, 4) is 0 Å². The highest BCUT2D eigenvalue weighted by molar-refractivity contribution is 5.83. The zero-order valence-electron chi connectivity index (χ0n) is 22.2. The average molecular weight is 474 g/mol. The van der Waals surface area contributed by atoms with Crippen molar-refractivity contribution >= 4 is 5.78 Å². The van der Waals surface area contributed by atoms with Crippen LogP contribution in [0, 0.1) is 52.3 Å². The minimum absolute atomic E-state index is 0.00682. The van der Waals surface area contributed by atoms with Gasteiger partial charge in [0.05, 0.1) is 23.9 Å². The molecule has 3 saturated heterocycles. The maximum Gasteiger partial charge on any atom is 0.136 e. The quantitative estimate of drug-likeness (QED) is 0.637. The van der Waals surface area contributed by atoms with E-state index < -0.39 is 0 Å². The molecule has 0 aromatic heterocycles. The second-order valence-corrected chi connectivity index (χ2v) is 14.5. The lowest BCUT2D eigenvalue weighted by atomic mass is 9.51. The van der Waals surface area contributed by atoms with E-state index in [1.807, 2.05) is 0 Å². The van der Waals surface area contributed by atoms with Crippen molar-refractivity contribution in [3.05, 3.63) is 0 Å². The van der Waals surface area contributed by atoms with Crippen LogP contribution in [0.15, 0.2) is 0 Å². The first kappa shape index (κ1) is 23.9. The number of Topliss-reactive ketones (excluding diaryl/α,β-unsaturated/α-hetero) is 1. The topological polar surface area (TPSA) is 70.0 Å². The van der Waals surface area contributed by atoms with Gasteiger partial charge in [0.25, 0.3) is 0 Å². The van der Waals surface area contributed by atoms with E-state index >= 15 is 0 Å². The van der Waals surface area contributed by atoms with Crippen LogP contribution in [0.3, 0.4) is 0 Å². The third kappa shape index (κ3) is 2.90. The lowest BCUT2D eigenvalue weighted by molar-refractivity contribution is -0.145. The molecule has 2 bridgehead atoms. The number of ketones is 1. The van der Waals surface area contributed by atoms with E-state index in [2.05, 4.69) is 46.6 Å². The number of aliphatic hydroxyl groups is 2. The Morgan fingerprint density at radius 1 is 1.12 bits per heavy atom. The van der Waals surface area contributed by atoms with Gasteiger partial charge in [-0.15, -0.1) is 0 Å². The minimum atomic E-state index is -0.312. The van der Waals surface area contributed by atoms with Gasteiger partial charge < -0.3 is 19.8 Å². The fourth-order valence-corrected chi connectivity index (χ4v) is 11.3. The summed E-state index contributed by atoms with van der Waals surface area (Å²) in [4.78, 5) is 15.8. The van der Waals surface area contributed by atoms with E-state index in [4.69, 9.17) is 4.74 Å². The van der Waals surface area contributed by atoms with Crippen molar-refractivity contribution in [2.45, 2.75) is 110 Å². The molecule has 192 valence electrons. The van der Waals surface area contributed by atoms with Gasteiger partial charge in [0.2, 0.25) is 0 Å². The summed E-state index contributed by atoms with van der Waals surface area (Å²) in [6, 6.07) is 0.185. The summed E-state index contributed by atoms with van der Waals surface area (Å²) >= 11 is 0. The Morgan fingerprint density at radius 2 is 1.85 bits per heavy atom. The molecule has 1 spiro atoms. The van der Waals surface area contributed by atoms with E-state index in [0.29, 0.717) is 54.1 Å². The maximum atomic E-state index is 13.4. The molecule has 3 aliphatic carbocycles. The van der Waals surface area contributed by atoms with Crippen molar-refractivity contribution in [3.63, 3.8) is 0 Å². The van der Waals surface area contributed by atoms with Gasteiger partial charge in [0, 0.05) is 24.9 Å². The van der Waals surface area contributed by atoms with Gasteiger partial charge in [0.15, 0.2) is 0 Å². The van der Waals surface area contributed by atoms with Gasteiger partial charge in [-0.3, -0.25) is 4.79 Å². The zero-order valence-corrected chi connectivity index (χ0v) is 22.2. The number of piperidine rings is 1. The van der Waals surface area contributed by atoms with E-state index in [0.717, 1.165) is 38.6 Å². The predicted octanol–water partition coefficient (Wildman–Crippen LogP) is 3.90. The highest BCUT2D eigenvalue weighted by atomic mass is 16.5. The lowest BCUT2D eigenvalue weighted by Crippen LogP contribution is -2.58. The summed E-state index contributed by atoms with van der Waals surface area (Å²) in [5, 5.41) is 21.5. The van der Waals surface area contributed by atoms with E-state index in [-0.39, 0.29) is 46.7 Å². The summed E-state index contributed by atoms with van der Waals surface area (Å²) in [7, 11) is 2.19. The van der Waals surface area contributed by atoms with Crippen LogP contribution < -0.4 is 0 Å². The fourth-order valence-electron chi connectivity index (χ4n) is 11.3. The van der Waals surface area contributed by atoms with Crippen LogP contribution in [0.4, 0.5) is 0 Å². The molecule has 0 aromatic carbocycles. The molecule has 3 aliphatic heterocycles. The number of aliphatic hydroxyl groups excluding tert-OH is 2. The second-order valence-electron chi connectivity index (χ2n) is 14.5. The summed E-state index contributed by atoms with van der Waals surface area (Å²) in [6.45, 7) is 12.9. The fraction of sp³-hybridized carbons (Fsp3) is 0.966. The predicted molar refractivity (Wildman–Crippen MR) is 131 cm³/mol.